The van der Waals surface area contributed by atoms with Crippen LogP contribution >= 0.6 is 11.6 Å². The van der Waals surface area contributed by atoms with Crippen molar-refractivity contribution in [2.45, 2.75) is 63.5 Å². The molecule has 10 heteroatoms. The third kappa shape index (κ3) is 8.49. The summed E-state index contributed by atoms with van der Waals surface area (Å²) in [7, 11) is 1.90. The fourth-order valence-corrected chi connectivity index (χ4v) is 5.72. The predicted molar refractivity (Wildman–Crippen MR) is 138 cm³/mol. The molecule has 1 aromatic rings. The van der Waals surface area contributed by atoms with Crippen molar-refractivity contribution < 1.29 is 23.8 Å². The molecule has 0 bridgehead atoms. The molecular formula is C26H40ClFN4O4. The van der Waals surface area contributed by atoms with Crippen molar-refractivity contribution in [3.63, 3.8) is 0 Å². The third-order valence-electron chi connectivity index (χ3n) is 7.26. The molecule has 36 heavy (non-hydrogen) atoms. The van der Waals surface area contributed by atoms with E-state index < -0.39 is 18.0 Å². The van der Waals surface area contributed by atoms with Gasteiger partial charge in [-0.15, -0.1) is 0 Å². The molecule has 3 rings (SSSR count). The third-order valence-corrected chi connectivity index (χ3v) is 7.55. The van der Waals surface area contributed by atoms with Gasteiger partial charge in [-0.1, -0.05) is 55.8 Å². The number of carboxylic acid groups (broad SMARTS) is 1. The van der Waals surface area contributed by atoms with Crippen molar-refractivity contribution in [3.05, 3.63) is 34.6 Å². The molecule has 3 amide bonds. The van der Waals surface area contributed by atoms with Crippen LogP contribution in [0.15, 0.2) is 18.2 Å². The molecule has 1 saturated heterocycles. The molecule has 0 aromatic heterocycles. The fourth-order valence-electron chi connectivity index (χ4n) is 5.54. The van der Waals surface area contributed by atoms with E-state index in [2.05, 4.69) is 16.0 Å². The molecule has 0 radical (unpaired) electrons. The van der Waals surface area contributed by atoms with E-state index in [9.17, 15) is 14.0 Å². The lowest BCUT2D eigenvalue weighted by Gasteiger charge is -2.38. The first kappa shape index (κ1) is 28.5. The minimum Gasteiger partial charge on any atom is -0.465 e. The van der Waals surface area contributed by atoms with Crippen molar-refractivity contribution >= 4 is 23.7 Å². The molecule has 2 unspecified atom stereocenters. The number of nitrogens with zero attached hydrogens (tertiary/aromatic N) is 1. The lowest BCUT2D eigenvalue weighted by atomic mass is 9.85. The molecule has 202 valence electrons. The lowest BCUT2D eigenvalue weighted by Crippen LogP contribution is -2.52. The molecule has 1 heterocycles. The lowest BCUT2D eigenvalue weighted by molar-refractivity contribution is -0.0104. The van der Waals surface area contributed by atoms with E-state index in [1.165, 1.54) is 38.2 Å². The first-order valence-electron chi connectivity index (χ1n) is 13.1. The van der Waals surface area contributed by atoms with Crippen molar-refractivity contribution in [2.75, 3.05) is 39.8 Å². The Morgan fingerprint density at radius 3 is 2.72 bits per heavy atom. The average molecular weight is 527 g/mol. The van der Waals surface area contributed by atoms with Crippen molar-refractivity contribution in [3.8, 4) is 0 Å². The van der Waals surface area contributed by atoms with E-state index in [0.717, 1.165) is 25.8 Å². The molecule has 4 N–H and O–H groups in total. The van der Waals surface area contributed by atoms with Gasteiger partial charge in [0.1, 0.15) is 5.82 Å². The maximum Gasteiger partial charge on any atom is 0.404 e. The molecule has 0 spiro atoms. The number of likely N-dealkylation sites (N-methyl/N-ethyl adjacent to an activating group) is 1. The summed E-state index contributed by atoms with van der Waals surface area (Å²) in [5.74, 6) is -0.0450. The largest absolute Gasteiger partial charge is 0.465 e. The van der Waals surface area contributed by atoms with Crippen LogP contribution in [0, 0.1) is 17.7 Å². The number of benzene rings is 1. The number of carbonyl (C=O) groups excluding carboxylic acids is 1. The normalized spacial score (nSPS) is 20.5. The van der Waals surface area contributed by atoms with Crippen LogP contribution in [0.3, 0.4) is 0 Å². The minimum absolute atomic E-state index is 0.00721. The molecule has 1 aliphatic heterocycles. The van der Waals surface area contributed by atoms with Gasteiger partial charge in [0.2, 0.25) is 0 Å². The van der Waals surface area contributed by atoms with E-state index in [4.69, 9.17) is 21.4 Å². The van der Waals surface area contributed by atoms with E-state index in [1.54, 1.807) is 17.0 Å². The number of urea groups is 1. The van der Waals surface area contributed by atoms with Gasteiger partial charge in [0.25, 0.3) is 0 Å². The van der Waals surface area contributed by atoms with Crippen LogP contribution in [0.1, 0.15) is 63.0 Å². The Hall–Kier alpha value is -2.10. The van der Waals surface area contributed by atoms with E-state index in [-0.39, 0.29) is 36.2 Å². The number of nitrogens with one attached hydrogen (secondary N) is 3. The van der Waals surface area contributed by atoms with Crippen LogP contribution in [-0.2, 0) is 4.74 Å². The second-order valence-corrected chi connectivity index (χ2v) is 10.4. The Kier molecular flexibility index (Phi) is 11.5. The SMILES string of the molecule is CNC[C@H](CC1CCCCC1)NC(=O)N1CCCC(C(OCCNC(=O)O)c2cccc(Cl)c2F)C1. The van der Waals surface area contributed by atoms with Crippen LogP contribution in [-0.4, -0.2) is 68.0 Å². The summed E-state index contributed by atoms with van der Waals surface area (Å²) in [4.78, 5) is 25.9. The standard InChI is InChI=1S/C26H40ClFN4O4/c1-29-16-20(15-18-7-3-2-4-8-18)31-25(33)32-13-6-9-19(17-32)24(36-14-12-30-26(34)35)21-10-5-11-22(27)23(21)28/h5,10-11,18-20,24,29-30H,2-4,6-9,12-17H2,1H3,(H,31,33)(H,34,35)/t19?,20-,24?/m0/s1. The summed E-state index contributed by atoms with van der Waals surface area (Å²) in [6.45, 7) is 1.93. The molecule has 1 aromatic carbocycles. The number of amides is 3. The second kappa shape index (κ2) is 14.6. The van der Waals surface area contributed by atoms with Crippen LogP contribution in [0.4, 0.5) is 14.0 Å². The van der Waals surface area contributed by atoms with Gasteiger partial charge in [0.15, 0.2) is 0 Å². The molecular weight excluding hydrogens is 487 g/mol. The Morgan fingerprint density at radius 2 is 2.00 bits per heavy atom. The summed E-state index contributed by atoms with van der Waals surface area (Å²) in [6, 6.07) is 4.76. The zero-order valence-electron chi connectivity index (χ0n) is 21.1. The van der Waals surface area contributed by atoms with E-state index in [1.807, 2.05) is 7.05 Å². The molecule has 8 nitrogen and oxygen atoms in total. The first-order valence-corrected chi connectivity index (χ1v) is 13.5. The molecule has 1 aliphatic carbocycles. The number of likely N-dealkylation sites (tertiary alicyclic amines) is 1. The molecule has 2 fully saturated rings. The number of piperidine rings is 1. The van der Waals surface area contributed by atoms with Gasteiger partial charge in [0.05, 0.1) is 17.7 Å². The molecule has 3 atom stereocenters. The zero-order valence-corrected chi connectivity index (χ0v) is 21.9. The van der Waals surface area contributed by atoms with Gasteiger partial charge in [0, 0.05) is 43.7 Å². The van der Waals surface area contributed by atoms with Gasteiger partial charge in [-0.25, -0.2) is 14.0 Å². The first-order chi connectivity index (χ1) is 17.4. The van der Waals surface area contributed by atoms with Crippen molar-refractivity contribution in [1.82, 2.24) is 20.9 Å². The monoisotopic (exact) mass is 526 g/mol. The second-order valence-electron chi connectivity index (χ2n) is 9.96. The number of carbonyl (C=O) groups is 2. The zero-order chi connectivity index (χ0) is 25.9. The number of halogens is 2. The minimum atomic E-state index is -1.14. The Bertz CT molecular complexity index is 855. The highest BCUT2D eigenvalue weighted by molar-refractivity contribution is 6.30. The van der Waals surface area contributed by atoms with Crippen LogP contribution in [0.25, 0.3) is 0 Å². The number of hydrogen-bond acceptors (Lipinski definition) is 4. The Labute approximate surface area is 218 Å². The summed E-state index contributed by atoms with van der Waals surface area (Å²) < 4.78 is 21.0. The van der Waals surface area contributed by atoms with Crippen molar-refractivity contribution in [2.24, 2.45) is 11.8 Å². The van der Waals surface area contributed by atoms with Crippen LogP contribution < -0.4 is 16.0 Å². The average Bonchev–Trinajstić information content (AvgIpc) is 2.87. The predicted octanol–water partition coefficient (Wildman–Crippen LogP) is 4.78. The van der Waals surface area contributed by atoms with Gasteiger partial charge >= 0.3 is 12.1 Å². The highest BCUT2D eigenvalue weighted by Crippen LogP contribution is 2.36. The van der Waals surface area contributed by atoms with Gasteiger partial charge in [-0.05, 0) is 38.3 Å². The van der Waals surface area contributed by atoms with Crippen molar-refractivity contribution in [1.29, 1.82) is 0 Å². The van der Waals surface area contributed by atoms with Gasteiger partial charge in [-0.2, -0.15) is 0 Å². The highest BCUT2D eigenvalue weighted by atomic mass is 35.5. The maximum atomic E-state index is 15.0. The van der Waals surface area contributed by atoms with Crippen LogP contribution in [0.5, 0.6) is 0 Å². The molecule has 2 aliphatic rings. The number of hydrogen-bond donors (Lipinski definition) is 4. The topological polar surface area (TPSA) is 103 Å². The highest BCUT2D eigenvalue weighted by Gasteiger charge is 2.33. The quantitative estimate of drug-likeness (QED) is 0.311. The van der Waals surface area contributed by atoms with Crippen LogP contribution in [0.2, 0.25) is 5.02 Å². The van der Waals surface area contributed by atoms with E-state index in [0.29, 0.717) is 24.6 Å². The summed E-state index contributed by atoms with van der Waals surface area (Å²) in [6.07, 6.45) is 6.99. The van der Waals surface area contributed by atoms with E-state index >= 15 is 0 Å². The van der Waals surface area contributed by atoms with Gasteiger partial charge in [-0.3, -0.25) is 0 Å². The Balaban J connectivity index is 1.66. The number of rotatable bonds is 11. The Morgan fingerprint density at radius 1 is 1.22 bits per heavy atom. The maximum absolute atomic E-state index is 15.0. The van der Waals surface area contributed by atoms with Gasteiger partial charge < -0.3 is 30.7 Å². The smallest absolute Gasteiger partial charge is 0.404 e. The summed E-state index contributed by atoms with van der Waals surface area (Å²) >= 11 is 6.04. The molecule has 1 saturated carbocycles. The summed E-state index contributed by atoms with van der Waals surface area (Å²) in [5.41, 5.74) is 0.329. The fraction of sp³-hybridized carbons (Fsp3) is 0.692. The summed E-state index contributed by atoms with van der Waals surface area (Å²) in [5, 5.41) is 17.5. The number of ether oxygens (including phenoxy) is 1.